The minimum atomic E-state index is -0.298. The number of hydrogen-bond donors (Lipinski definition) is 4. The number of hydrogen-bond acceptors (Lipinski definition) is 5. The summed E-state index contributed by atoms with van der Waals surface area (Å²) in [6.45, 7) is 2.38. The van der Waals surface area contributed by atoms with E-state index in [0.717, 1.165) is 22.1 Å². The quantitative estimate of drug-likeness (QED) is 0.513. The molecule has 0 saturated carbocycles. The van der Waals surface area contributed by atoms with E-state index in [4.69, 9.17) is 4.74 Å². The molecule has 8 nitrogen and oxygen atoms in total. The maximum Gasteiger partial charge on any atom is 0.320 e. The number of carbonyl (C=O) groups is 2. The lowest BCUT2D eigenvalue weighted by atomic mass is 10.1. The number of pyridine rings is 1. The predicted molar refractivity (Wildman–Crippen MR) is 114 cm³/mol. The average Bonchev–Trinajstić information content (AvgIpc) is 2.73. The predicted octanol–water partition coefficient (Wildman–Crippen LogP) is 3.49. The van der Waals surface area contributed by atoms with Crippen LogP contribution in [0.4, 0.5) is 22.0 Å². The van der Waals surface area contributed by atoms with E-state index in [1.807, 2.05) is 31.2 Å². The second kappa shape index (κ2) is 8.92. The van der Waals surface area contributed by atoms with Gasteiger partial charge in [-0.2, -0.15) is 0 Å². The van der Waals surface area contributed by atoms with Crippen LogP contribution in [0.5, 0.6) is 5.75 Å². The highest BCUT2D eigenvalue weighted by molar-refractivity contribution is 6.00. The number of ether oxygens (including phenoxy) is 1. The van der Waals surface area contributed by atoms with Crippen LogP contribution < -0.4 is 26.0 Å². The first kappa shape index (κ1) is 19.9. The fraction of sp³-hybridized carbons (Fsp3) is 0.190. The van der Waals surface area contributed by atoms with Gasteiger partial charge in [0.15, 0.2) is 0 Å². The summed E-state index contributed by atoms with van der Waals surface area (Å²) >= 11 is 0. The van der Waals surface area contributed by atoms with E-state index in [-0.39, 0.29) is 11.9 Å². The maximum atomic E-state index is 12.1. The SMILES string of the molecule is CCNC(=O)Nc1cc2cccc(Nc3ccc(OC)c(C(=O)NC)c3)c2cn1. The molecule has 3 aromatic rings. The molecule has 1 aromatic heterocycles. The highest BCUT2D eigenvalue weighted by atomic mass is 16.5. The van der Waals surface area contributed by atoms with Crippen molar-refractivity contribution < 1.29 is 14.3 Å². The van der Waals surface area contributed by atoms with Crippen molar-refractivity contribution in [3.63, 3.8) is 0 Å². The van der Waals surface area contributed by atoms with Crippen molar-refractivity contribution in [2.45, 2.75) is 6.92 Å². The van der Waals surface area contributed by atoms with Crippen LogP contribution in [0, 0.1) is 0 Å². The van der Waals surface area contributed by atoms with Gasteiger partial charge in [0.1, 0.15) is 11.6 Å². The summed E-state index contributed by atoms with van der Waals surface area (Å²) in [5.41, 5.74) is 2.00. The number of aromatic nitrogens is 1. The van der Waals surface area contributed by atoms with Crippen LogP contribution >= 0.6 is 0 Å². The third-order valence-corrected chi connectivity index (χ3v) is 4.29. The van der Waals surface area contributed by atoms with Crippen molar-refractivity contribution in [1.29, 1.82) is 0 Å². The molecule has 0 atom stereocenters. The fourth-order valence-electron chi connectivity index (χ4n) is 2.92. The molecule has 0 saturated heterocycles. The molecule has 2 aromatic carbocycles. The number of nitrogens with one attached hydrogen (secondary N) is 4. The number of fused-ring (bicyclic) bond motifs is 1. The van der Waals surface area contributed by atoms with Crippen molar-refractivity contribution >= 4 is 39.9 Å². The molecule has 0 fully saturated rings. The number of carbonyl (C=O) groups excluding carboxylic acids is 2. The summed E-state index contributed by atoms with van der Waals surface area (Å²) in [6, 6.07) is 12.6. The summed E-state index contributed by atoms with van der Waals surface area (Å²) in [5, 5.41) is 13.1. The molecular weight excluding hydrogens is 370 g/mol. The van der Waals surface area contributed by atoms with Crippen molar-refractivity contribution in [2.75, 3.05) is 31.3 Å². The van der Waals surface area contributed by atoms with Crippen LogP contribution in [-0.2, 0) is 0 Å². The molecule has 0 bridgehead atoms. The van der Waals surface area contributed by atoms with Crippen molar-refractivity contribution in [3.8, 4) is 5.75 Å². The molecule has 0 aliphatic carbocycles. The Hall–Kier alpha value is -3.81. The monoisotopic (exact) mass is 393 g/mol. The lowest BCUT2D eigenvalue weighted by Crippen LogP contribution is -2.28. The van der Waals surface area contributed by atoms with Gasteiger partial charge in [-0.25, -0.2) is 9.78 Å². The minimum absolute atomic E-state index is 0.230. The van der Waals surface area contributed by atoms with Crippen LogP contribution in [0.3, 0.4) is 0 Å². The maximum absolute atomic E-state index is 12.1. The lowest BCUT2D eigenvalue weighted by Gasteiger charge is -2.13. The third kappa shape index (κ3) is 4.55. The number of nitrogens with zero attached hydrogens (tertiary/aromatic N) is 1. The minimum Gasteiger partial charge on any atom is -0.496 e. The Kier molecular flexibility index (Phi) is 6.13. The first-order chi connectivity index (χ1) is 14.0. The lowest BCUT2D eigenvalue weighted by molar-refractivity contribution is 0.0960. The van der Waals surface area contributed by atoms with Gasteiger partial charge in [0.25, 0.3) is 5.91 Å². The molecule has 0 radical (unpaired) electrons. The van der Waals surface area contributed by atoms with Gasteiger partial charge in [0.05, 0.1) is 12.7 Å². The molecule has 3 amide bonds. The normalized spacial score (nSPS) is 10.3. The summed E-state index contributed by atoms with van der Waals surface area (Å²) in [6.07, 6.45) is 1.70. The molecule has 0 unspecified atom stereocenters. The van der Waals surface area contributed by atoms with Crippen LogP contribution in [0.25, 0.3) is 10.8 Å². The summed E-state index contributed by atoms with van der Waals surface area (Å²) in [5.74, 6) is 0.730. The third-order valence-electron chi connectivity index (χ3n) is 4.29. The molecule has 0 aliphatic rings. The second-order valence-corrected chi connectivity index (χ2v) is 6.20. The zero-order valence-electron chi connectivity index (χ0n) is 16.5. The topological polar surface area (TPSA) is 104 Å². The Labute approximate surface area is 168 Å². The Morgan fingerprint density at radius 2 is 1.97 bits per heavy atom. The van der Waals surface area contributed by atoms with E-state index in [1.54, 1.807) is 31.4 Å². The van der Waals surface area contributed by atoms with E-state index in [1.165, 1.54) is 7.11 Å². The Balaban J connectivity index is 1.90. The van der Waals surface area contributed by atoms with Crippen LogP contribution in [0.2, 0.25) is 0 Å². The van der Waals surface area contributed by atoms with E-state index >= 15 is 0 Å². The zero-order valence-corrected chi connectivity index (χ0v) is 16.5. The second-order valence-electron chi connectivity index (χ2n) is 6.20. The number of urea groups is 1. The van der Waals surface area contributed by atoms with Gasteiger partial charge in [-0.15, -0.1) is 0 Å². The standard InChI is InChI=1S/C21H23N5O3/c1-4-23-21(28)26-19-10-13-6-5-7-17(16(13)12-24-19)25-14-8-9-18(29-3)15(11-14)20(27)22-2/h5-12,25H,4H2,1-3H3,(H,22,27)(H2,23,24,26,28). The Morgan fingerprint density at radius 1 is 1.14 bits per heavy atom. The van der Waals surface area contributed by atoms with E-state index < -0.39 is 0 Å². The molecule has 0 aliphatic heterocycles. The van der Waals surface area contributed by atoms with Gasteiger partial charge in [0.2, 0.25) is 0 Å². The Bertz CT molecular complexity index is 1050. The molecule has 3 rings (SSSR count). The number of rotatable bonds is 6. The smallest absolute Gasteiger partial charge is 0.320 e. The summed E-state index contributed by atoms with van der Waals surface area (Å²) < 4.78 is 5.27. The average molecular weight is 393 g/mol. The summed E-state index contributed by atoms with van der Waals surface area (Å²) in [7, 11) is 3.10. The van der Waals surface area contributed by atoms with Gasteiger partial charge >= 0.3 is 6.03 Å². The molecule has 29 heavy (non-hydrogen) atoms. The van der Waals surface area contributed by atoms with Gasteiger partial charge in [0, 0.05) is 36.6 Å². The number of amides is 3. The van der Waals surface area contributed by atoms with Gasteiger partial charge in [-0.05, 0) is 42.6 Å². The van der Waals surface area contributed by atoms with Crippen LogP contribution in [0.1, 0.15) is 17.3 Å². The van der Waals surface area contributed by atoms with Crippen molar-refractivity contribution in [3.05, 3.63) is 54.2 Å². The first-order valence-electron chi connectivity index (χ1n) is 9.16. The van der Waals surface area contributed by atoms with E-state index in [0.29, 0.717) is 23.7 Å². The first-order valence-corrected chi connectivity index (χ1v) is 9.16. The fourth-order valence-corrected chi connectivity index (χ4v) is 2.92. The van der Waals surface area contributed by atoms with Crippen molar-refractivity contribution in [1.82, 2.24) is 15.6 Å². The highest BCUT2D eigenvalue weighted by Crippen LogP contribution is 2.29. The van der Waals surface area contributed by atoms with E-state index in [2.05, 4.69) is 26.3 Å². The molecule has 0 spiro atoms. The Morgan fingerprint density at radius 3 is 2.69 bits per heavy atom. The largest absolute Gasteiger partial charge is 0.496 e. The molecular formula is C21H23N5O3. The molecule has 1 heterocycles. The van der Waals surface area contributed by atoms with Crippen molar-refractivity contribution in [2.24, 2.45) is 0 Å². The van der Waals surface area contributed by atoms with Crippen LogP contribution in [-0.4, -0.2) is 37.6 Å². The van der Waals surface area contributed by atoms with Gasteiger partial charge in [-0.1, -0.05) is 12.1 Å². The molecule has 4 N–H and O–H groups in total. The molecule has 8 heteroatoms. The van der Waals surface area contributed by atoms with Crippen LogP contribution in [0.15, 0.2) is 48.7 Å². The summed E-state index contributed by atoms with van der Waals surface area (Å²) in [4.78, 5) is 28.1. The van der Waals surface area contributed by atoms with Gasteiger partial charge in [-0.3, -0.25) is 10.1 Å². The van der Waals surface area contributed by atoms with E-state index in [9.17, 15) is 9.59 Å². The zero-order chi connectivity index (χ0) is 20.8. The highest BCUT2D eigenvalue weighted by Gasteiger charge is 2.12. The van der Waals surface area contributed by atoms with Gasteiger partial charge < -0.3 is 20.7 Å². The number of anilines is 3. The molecule has 150 valence electrons. The number of benzene rings is 2. The number of methoxy groups -OCH3 is 1.